The number of benzene rings is 1. The van der Waals surface area contributed by atoms with Crippen LogP contribution in [0.25, 0.3) is 0 Å². The fourth-order valence-corrected chi connectivity index (χ4v) is 2.20. The van der Waals surface area contributed by atoms with E-state index in [2.05, 4.69) is 32.9 Å². The van der Waals surface area contributed by atoms with E-state index in [4.69, 9.17) is 16.3 Å². The van der Waals surface area contributed by atoms with Crippen molar-refractivity contribution < 1.29 is 4.74 Å². The van der Waals surface area contributed by atoms with Crippen molar-refractivity contribution in [3.05, 3.63) is 28.8 Å². The number of aryl methyl sites for hydroxylation is 2. The maximum Gasteiger partial charge on any atom is 0.125 e. The first-order valence-corrected chi connectivity index (χ1v) is 7.01. The first-order chi connectivity index (χ1) is 8.19. The van der Waals surface area contributed by atoms with Crippen molar-refractivity contribution in [1.82, 2.24) is 0 Å². The highest BCUT2D eigenvalue weighted by atomic mass is 35.5. The Hall–Kier alpha value is -0.690. The Morgan fingerprint density at radius 3 is 2.24 bits per heavy atom. The number of unbranched alkanes of at least 4 members (excludes halogenated alkanes) is 3. The smallest absolute Gasteiger partial charge is 0.125 e. The topological polar surface area (TPSA) is 9.23 Å². The Balaban J connectivity index is 2.53. The van der Waals surface area contributed by atoms with Gasteiger partial charge in [0.05, 0.1) is 6.61 Å². The highest BCUT2D eigenvalue weighted by Crippen LogP contribution is 2.25. The summed E-state index contributed by atoms with van der Waals surface area (Å²) < 4.78 is 5.87. The molecule has 0 radical (unpaired) electrons. The Labute approximate surface area is 110 Å². The molecule has 17 heavy (non-hydrogen) atoms. The van der Waals surface area contributed by atoms with Gasteiger partial charge in [-0.2, -0.15) is 0 Å². The molecule has 0 aromatic heterocycles. The zero-order valence-corrected chi connectivity index (χ0v) is 11.9. The van der Waals surface area contributed by atoms with E-state index in [0.717, 1.165) is 18.8 Å². The average molecular weight is 255 g/mol. The van der Waals surface area contributed by atoms with E-state index in [1.165, 1.54) is 36.0 Å². The molecule has 0 aliphatic carbocycles. The normalized spacial score (nSPS) is 10.6. The monoisotopic (exact) mass is 254 g/mol. The third kappa shape index (κ3) is 4.59. The van der Waals surface area contributed by atoms with Crippen LogP contribution in [-0.2, 0) is 5.88 Å². The molecule has 1 aromatic rings. The van der Waals surface area contributed by atoms with Gasteiger partial charge in [-0.05, 0) is 37.0 Å². The van der Waals surface area contributed by atoms with Gasteiger partial charge in [-0.15, -0.1) is 11.6 Å². The first kappa shape index (κ1) is 14.4. The second-order valence-electron chi connectivity index (χ2n) is 4.60. The minimum absolute atomic E-state index is 0.568. The zero-order chi connectivity index (χ0) is 12.7. The van der Waals surface area contributed by atoms with Crippen molar-refractivity contribution in [1.29, 1.82) is 0 Å². The summed E-state index contributed by atoms with van der Waals surface area (Å²) >= 11 is 5.84. The molecule has 1 rings (SSSR count). The number of rotatable bonds is 7. The third-order valence-electron chi connectivity index (χ3n) is 2.92. The van der Waals surface area contributed by atoms with Crippen LogP contribution in [0.15, 0.2) is 12.1 Å². The number of hydrogen-bond acceptors (Lipinski definition) is 1. The van der Waals surface area contributed by atoms with Gasteiger partial charge in [-0.1, -0.05) is 38.3 Å². The fourth-order valence-electron chi connectivity index (χ4n) is 2.05. The average Bonchev–Trinajstić information content (AvgIpc) is 2.31. The molecule has 0 heterocycles. The minimum atomic E-state index is 0.568. The molecular formula is C15H23ClO. The number of halogens is 1. The number of alkyl halides is 1. The van der Waals surface area contributed by atoms with Gasteiger partial charge in [-0.3, -0.25) is 0 Å². The van der Waals surface area contributed by atoms with Crippen LogP contribution >= 0.6 is 11.6 Å². The van der Waals surface area contributed by atoms with Crippen molar-refractivity contribution in [3.8, 4) is 5.75 Å². The summed E-state index contributed by atoms with van der Waals surface area (Å²) in [6.45, 7) is 7.22. The highest BCUT2D eigenvalue weighted by Gasteiger charge is 2.05. The van der Waals surface area contributed by atoms with E-state index >= 15 is 0 Å². The Kier molecular flexibility index (Phi) is 6.43. The number of hydrogen-bond donors (Lipinski definition) is 0. The van der Waals surface area contributed by atoms with E-state index in [1.54, 1.807) is 0 Å². The van der Waals surface area contributed by atoms with Gasteiger partial charge in [0.2, 0.25) is 0 Å². The predicted molar refractivity (Wildman–Crippen MR) is 75.1 cm³/mol. The van der Waals surface area contributed by atoms with Crippen molar-refractivity contribution in [2.45, 2.75) is 52.3 Å². The maximum atomic E-state index is 5.87. The molecule has 1 nitrogen and oxygen atoms in total. The summed E-state index contributed by atoms with van der Waals surface area (Å²) in [5, 5.41) is 0. The van der Waals surface area contributed by atoms with Crippen LogP contribution in [0.2, 0.25) is 0 Å². The van der Waals surface area contributed by atoms with Gasteiger partial charge in [0.25, 0.3) is 0 Å². The van der Waals surface area contributed by atoms with E-state index < -0.39 is 0 Å². The SMILES string of the molecule is CCCCCCOc1c(C)cc(CCl)cc1C. The maximum absolute atomic E-state index is 5.87. The number of ether oxygens (including phenoxy) is 1. The molecule has 96 valence electrons. The van der Waals surface area contributed by atoms with Crippen molar-refractivity contribution in [2.75, 3.05) is 6.61 Å². The molecule has 0 fully saturated rings. The fraction of sp³-hybridized carbons (Fsp3) is 0.600. The van der Waals surface area contributed by atoms with Crippen LogP contribution in [0.5, 0.6) is 5.75 Å². The Bertz CT molecular complexity index is 324. The summed E-state index contributed by atoms with van der Waals surface area (Å²) in [6.07, 6.45) is 4.97. The van der Waals surface area contributed by atoms with Crippen molar-refractivity contribution in [3.63, 3.8) is 0 Å². The molecule has 0 N–H and O–H groups in total. The largest absolute Gasteiger partial charge is 0.493 e. The third-order valence-corrected chi connectivity index (χ3v) is 3.23. The molecule has 0 aliphatic rings. The molecule has 2 heteroatoms. The first-order valence-electron chi connectivity index (χ1n) is 6.48. The standard InChI is InChI=1S/C15H23ClO/c1-4-5-6-7-8-17-15-12(2)9-14(11-16)10-13(15)3/h9-10H,4-8,11H2,1-3H3. The lowest BCUT2D eigenvalue weighted by atomic mass is 10.1. The molecule has 0 atom stereocenters. The zero-order valence-electron chi connectivity index (χ0n) is 11.2. The lowest BCUT2D eigenvalue weighted by Gasteiger charge is -2.13. The summed E-state index contributed by atoms with van der Waals surface area (Å²) in [7, 11) is 0. The molecule has 1 aromatic carbocycles. The molecule has 0 aliphatic heterocycles. The molecule has 0 spiro atoms. The van der Waals surface area contributed by atoms with E-state index in [1.807, 2.05) is 0 Å². The van der Waals surface area contributed by atoms with Gasteiger partial charge in [0.1, 0.15) is 5.75 Å². The van der Waals surface area contributed by atoms with Gasteiger partial charge in [0.15, 0.2) is 0 Å². The summed E-state index contributed by atoms with van der Waals surface area (Å²) in [6, 6.07) is 4.22. The quantitative estimate of drug-likeness (QED) is 0.491. The molecule has 0 saturated carbocycles. The van der Waals surface area contributed by atoms with Crippen LogP contribution in [0.3, 0.4) is 0 Å². The van der Waals surface area contributed by atoms with Crippen LogP contribution in [0.1, 0.15) is 49.3 Å². The van der Waals surface area contributed by atoms with Crippen LogP contribution in [0.4, 0.5) is 0 Å². The van der Waals surface area contributed by atoms with Crippen LogP contribution in [-0.4, -0.2) is 6.61 Å². The van der Waals surface area contributed by atoms with E-state index in [0.29, 0.717) is 5.88 Å². The second-order valence-corrected chi connectivity index (χ2v) is 4.87. The molecule has 0 bridgehead atoms. The van der Waals surface area contributed by atoms with E-state index in [-0.39, 0.29) is 0 Å². The second kappa shape index (κ2) is 7.60. The molecular weight excluding hydrogens is 232 g/mol. The summed E-state index contributed by atoms with van der Waals surface area (Å²) in [5.74, 6) is 1.61. The molecule has 0 saturated heterocycles. The summed E-state index contributed by atoms with van der Waals surface area (Å²) in [4.78, 5) is 0. The lowest BCUT2D eigenvalue weighted by molar-refractivity contribution is 0.301. The molecule has 0 unspecified atom stereocenters. The highest BCUT2D eigenvalue weighted by molar-refractivity contribution is 6.17. The predicted octanol–water partition coefficient (Wildman–Crippen LogP) is 5.00. The van der Waals surface area contributed by atoms with E-state index in [9.17, 15) is 0 Å². The van der Waals surface area contributed by atoms with Crippen LogP contribution in [0, 0.1) is 13.8 Å². The van der Waals surface area contributed by atoms with Crippen molar-refractivity contribution >= 4 is 11.6 Å². The van der Waals surface area contributed by atoms with Gasteiger partial charge in [-0.25, -0.2) is 0 Å². The molecule has 0 amide bonds. The van der Waals surface area contributed by atoms with Crippen molar-refractivity contribution in [2.24, 2.45) is 0 Å². The van der Waals surface area contributed by atoms with Crippen LogP contribution < -0.4 is 4.74 Å². The Morgan fingerprint density at radius 2 is 1.71 bits per heavy atom. The van der Waals surface area contributed by atoms with Gasteiger partial charge >= 0.3 is 0 Å². The minimum Gasteiger partial charge on any atom is -0.493 e. The van der Waals surface area contributed by atoms with Gasteiger partial charge in [0, 0.05) is 5.88 Å². The Morgan fingerprint density at radius 1 is 1.06 bits per heavy atom. The van der Waals surface area contributed by atoms with Gasteiger partial charge < -0.3 is 4.74 Å². The summed E-state index contributed by atoms with van der Waals surface area (Å²) in [5.41, 5.74) is 3.55. The lowest BCUT2D eigenvalue weighted by Crippen LogP contribution is -2.01.